The molecule has 1 amide bonds. The van der Waals surface area contributed by atoms with Crippen LogP contribution in [0.3, 0.4) is 0 Å². The molecule has 0 aliphatic heterocycles. The maximum atomic E-state index is 12.1. The van der Waals surface area contributed by atoms with Crippen molar-refractivity contribution in [3.8, 4) is 0 Å². The summed E-state index contributed by atoms with van der Waals surface area (Å²) in [7, 11) is 3.76. The molecule has 0 radical (unpaired) electrons. The van der Waals surface area contributed by atoms with Gasteiger partial charge in [0.15, 0.2) is 0 Å². The highest BCUT2D eigenvalue weighted by Crippen LogP contribution is 2.33. The number of rotatable bonds is 5. The number of hydrogen-bond donors (Lipinski definition) is 2. The molecule has 2 heterocycles. The van der Waals surface area contributed by atoms with Gasteiger partial charge >= 0.3 is 5.97 Å². The predicted molar refractivity (Wildman–Crippen MR) is 81.1 cm³/mol. The van der Waals surface area contributed by atoms with Crippen molar-refractivity contribution < 1.29 is 14.7 Å². The first kappa shape index (κ1) is 15.2. The number of carboxylic acids is 1. The Balaban J connectivity index is 2.33. The Morgan fingerprint density at radius 2 is 2.10 bits per heavy atom. The number of anilines is 1. The number of thiophene rings is 1. The van der Waals surface area contributed by atoms with Crippen LogP contribution in [0, 0.1) is 6.92 Å². The second kappa shape index (κ2) is 6.04. The molecule has 7 nitrogen and oxygen atoms in total. The summed E-state index contributed by atoms with van der Waals surface area (Å²) in [6, 6.07) is 0. The minimum atomic E-state index is -0.941. The summed E-state index contributed by atoms with van der Waals surface area (Å²) in [6.45, 7) is 1.95. The van der Waals surface area contributed by atoms with Gasteiger partial charge in [0.05, 0.1) is 16.7 Å². The summed E-state index contributed by atoms with van der Waals surface area (Å²) in [5.74, 6) is -0.455. The van der Waals surface area contributed by atoms with Crippen LogP contribution in [0.4, 0.5) is 5.82 Å². The van der Waals surface area contributed by atoms with E-state index in [1.54, 1.807) is 0 Å². The van der Waals surface area contributed by atoms with E-state index in [-0.39, 0.29) is 18.9 Å². The number of aromatic nitrogens is 2. The van der Waals surface area contributed by atoms with Crippen molar-refractivity contribution in [2.75, 3.05) is 25.5 Å². The molecule has 0 spiro atoms. The van der Waals surface area contributed by atoms with Crippen molar-refractivity contribution in [1.82, 2.24) is 15.3 Å². The van der Waals surface area contributed by atoms with Crippen LogP contribution in [-0.2, 0) is 4.79 Å². The number of nitrogens with one attached hydrogen (secondary N) is 1. The Morgan fingerprint density at radius 1 is 1.38 bits per heavy atom. The summed E-state index contributed by atoms with van der Waals surface area (Å²) in [4.78, 5) is 34.2. The third-order valence-corrected chi connectivity index (χ3v) is 4.16. The van der Waals surface area contributed by atoms with Crippen molar-refractivity contribution in [2.45, 2.75) is 13.3 Å². The molecule has 0 saturated heterocycles. The maximum absolute atomic E-state index is 12.1. The lowest BCUT2D eigenvalue weighted by atomic mass is 10.2. The molecule has 0 aromatic carbocycles. The normalized spacial score (nSPS) is 10.6. The Hall–Kier alpha value is -2.22. The molecule has 0 fully saturated rings. The highest BCUT2D eigenvalue weighted by atomic mass is 32.1. The molecule has 2 N–H and O–H groups in total. The number of aryl methyl sites for hydroxylation is 1. The van der Waals surface area contributed by atoms with Gasteiger partial charge in [-0.1, -0.05) is 0 Å². The first-order chi connectivity index (χ1) is 9.91. The number of carbonyl (C=O) groups is 2. The van der Waals surface area contributed by atoms with E-state index in [9.17, 15) is 9.59 Å². The topological polar surface area (TPSA) is 95.4 Å². The minimum absolute atomic E-state index is 0.0988. The molecule has 2 aromatic rings. The highest BCUT2D eigenvalue weighted by Gasteiger charge is 2.19. The number of fused-ring (bicyclic) bond motifs is 1. The quantitative estimate of drug-likeness (QED) is 0.863. The van der Waals surface area contributed by atoms with Gasteiger partial charge in [0.25, 0.3) is 5.91 Å². The summed E-state index contributed by atoms with van der Waals surface area (Å²) >= 11 is 1.29. The number of aliphatic carboxylic acids is 1. The molecular formula is C13H16N4O3S. The van der Waals surface area contributed by atoms with E-state index in [1.807, 2.05) is 25.9 Å². The van der Waals surface area contributed by atoms with Gasteiger partial charge in [0, 0.05) is 20.6 Å². The zero-order valence-corrected chi connectivity index (χ0v) is 12.8. The van der Waals surface area contributed by atoms with Crippen molar-refractivity contribution >= 4 is 39.2 Å². The number of carbonyl (C=O) groups excluding carboxylic acids is 1. The molecule has 0 aliphatic carbocycles. The number of amides is 1. The van der Waals surface area contributed by atoms with Crippen LogP contribution in [0.15, 0.2) is 6.33 Å². The van der Waals surface area contributed by atoms with E-state index in [1.165, 1.54) is 17.7 Å². The van der Waals surface area contributed by atoms with Crippen LogP contribution < -0.4 is 10.2 Å². The van der Waals surface area contributed by atoms with Crippen molar-refractivity contribution in [2.24, 2.45) is 0 Å². The van der Waals surface area contributed by atoms with Crippen LogP contribution in [0.2, 0.25) is 0 Å². The van der Waals surface area contributed by atoms with Gasteiger partial charge < -0.3 is 15.3 Å². The zero-order chi connectivity index (χ0) is 15.6. The van der Waals surface area contributed by atoms with Gasteiger partial charge in [-0.15, -0.1) is 11.3 Å². The molecule has 0 atom stereocenters. The number of carboxylic acid groups (broad SMARTS) is 1. The van der Waals surface area contributed by atoms with E-state index in [0.29, 0.717) is 4.88 Å². The van der Waals surface area contributed by atoms with Crippen LogP contribution in [0.25, 0.3) is 10.2 Å². The zero-order valence-electron chi connectivity index (χ0n) is 12.0. The molecular weight excluding hydrogens is 292 g/mol. The monoisotopic (exact) mass is 308 g/mol. The lowest BCUT2D eigenvalue weighted by Gasteiger charge is -2.12. The molecule has 0 bridgehead atoms. The average molecular weight is 308 g/mol. The molecule has 0 unspecified atom stereocenters. The van der Waals surface area contributed by atoms with Crippen molar-refractivity contribution in [3.05, 3.63) is 16.8 Å². The van der Waals surface area contributed by atoms with Crippen LogP contribution >= 0.6 is 11.3 Å². The van der Waals surface area contributed by atoms with Gasteiger partial charge in [0.1, 0.15) is 17.0 Å². The van der Waals surface area contributed by atoms with E-state index < -0.39 is 5.97 Å². The Kier molecular flexibility index (Phi) is 4.37. The fraction of sp³-hybridized carbons (Fsp3) is 0.385. The molecule has 2 rings (SSSR count). The third-order valence-electron chi connectivity index (χ3n) is 2.96. The highest BCUT2D eigenvalue weighted by molar-refractivity contribution is 7.20. The summed E-state index contributed by atoms with van der Waals surface area (Å²) in [6.07, 6.45) is 1.37. The first-order valence-corrected chi connectivity index (χ1v) is 7.15. The second-order valence-electron chi connectivity index (χ2n) is 4.73. The second-order valence-corrected chi connectivity index (χ2v) is 5.73. The Morgan fingerprint density at radius 3 is 2.71 bits per heavy atom. The summed E-state index contributed by atoms with van der Waals surface area (Å²) in [5.41, 5.74) is 0.812. The lowest BCUT2D eigenvalue weighted by Crippen LogP contribution is -2.25. The SMILES string of the molecule is Cc1c(C(=O)NCCC(=O)O)sc2ncnc(N(C)C)c12. The van der Waals surface area contributed by atoms with Gasteiger partial charge in [-0.05, 0) is 12.5 Å². The van der Waals surface area contributed by atoms with E-state index in [4.69, 9.17) is 5.11 Å². The molecule has 8 heteroatoms. The fourth-order valence-electron chi connectivity index (χ4n) is 1.97. The minimum Gasteiger partial charge on any atom is -0.481 e. The maximum Gasteiger partial charge on any atom is 0.305 e. The predicted octanol–water partition coefficient (Wildman–Crippen LogP) is 1.27. The standard InChI is InChI=1S/C13H16N4O3S/c1-7-9-11(17(2)3)15-6-16-13(9)21-10(7)12(20)14-5-4-8(18)19/h6H,4-5H2,1-3H3,(H,14,20)(H,18,19). The third kappa shape index (κ3) is 3.10. The van der Waals surface area contributed by atoms with E-state index in [0.717, 1.165) is 21.6 Å². The lowest BCUT2D eigenvalue weighted by molar-refractivity contribution is -0.136. The van der Waals surface area contributed by atoms with Crippen molar-refractivity contribution in [3.63, 3.8) is 0 Å². The van der Waals surface area contributed by atoms with Gasteiger partial charge in [-0.2, -0.15) is 0 Å². The fourth-order valence-corrected chi connectivity index (χ4v) is 3.03. The Labute approximate surface area is 125 Å². The number of nitrogens with zero attached hydrogens (tertiary/aromatic N) is 3. The van der Waals surface area contributed by atoms with Crippen LogP contribution in [-0.4, -0.2) is 47.6 Å². The molecule has 21 heavy (non-hydrogen) atoms. The van der Waals surface area contributed by atoms with Gasteiger partial charge in [-0.3, -0.25) is 9.59 Å². The van der Waals surface area contributed by atoms with Gasteiger partial charge in [0.2, 0.25) is 0 Å². The van der Waals surface area contributed by atoms with E-state index >= 15 is 0 Å². The summed E-state index contributed by atoms with van der Waals surface area (Å²) < 4.78 is 0. The average Bonchev–Trinajstić information content (AvgIpc) is 2.75. The number of hydrogen-bond acceptors (Lipinski definition) is 6. The van der Waals surface area contributed by atoms with Crippen LogP contribution in [0.1, 0.15) is 21.7 Å². The van der Waals surface area contributed by atoms with Crippen LogP contribution in [0.5, 0.6) is 0 Å². The first-order valence-electron chi connectivity index (χ1n) is 6.33. The molecule has 0 aliphatic rings. The van der Waals surface area contributed by atoms with Crippen molar-refractivity contribution in [1.29, 1.82) is 0 Å². The summed E-state index contributed by atoms with van der Waals surface area (Å²) in [5, 5.41) is 12.1. The largest absolute Gasteiger partial charge is 0.481 e. The van der Waals surface area contributed by atoms with E-state index in [2.05, 4.69) is 15.3 Å². The molecule has 112 valence electrons. The Bertz CT molecular complexity index is 696. The smallest absolute Gasteiger partial charge is 0.305 e. The van der Waals surface area contributed by atoms with Gasteiger partial charge in [-0.25, -0.2) is 9.97 Å². The molecule has 2 aromatic heterocycles. The molecule has 0 saturated carbocycles.